The van der Waals surface area contributed by atoms with Crippen LogP contribution >= 0.6 is 0 Å². The molecule has 1 heterocycles. The highest BCUT2D eigenvalue weighted by Gasteiger charge is 2.01. The average molecular weight is 241 g/mol. The number of benzene rings is 1. The van der Waals surface area contributed by atoms with Crippen LogP contribution in [0.3, 0.4) is 0 Å². The van der Waals surface area contributed by atoms with Gasteiger partial charge >= 0.3 is 0 Å². The minimum Gasteiger partial charge on any atom is -0.492 e. The normalized spacial score (nSPS) is 10.0. The number of hydrogen-bond donors (Lipinski definition) is 0. The van der Waals surface area contributed by atoms with Crippen LogP contribution in [0.1, 0.15) is 17.8 Å². The molecule has 0 saturated carbocycles. The Morgan fingerprint density at radius 2 is 2.22 bits per heavy atom. The van der Waals surface area contributed by atoms with Crippen LogP contribution in [0.25, 0.3) is 0 Å². The fourth-order valence-corrected chi connectivity index (χ4v) is 1.74. The number of imidazole rings is 1. The highest BCUT2D eigenvalue weighted by molar-refractivity contribution is 5.42. The molecule has 4 heteroatoms. The first-order valence-electron chi connectivity index (χ1n) is 5.91. The van der Waals surface area contributed by atoms with E-state index >= 15 is 0 Å². The van der Waals surface area contributed by atoms with E-state index in [9.17, 15) is 0 Å². The third-order valence-electron chi connectivity index (χ3n) is 2.73. The lowest BCUT2D eigenvalue weighted by Gasteiger charge is -2.08. The van der Waals surface area contributed by atoms with Gasteiger partial charge < -0.3 is 9.30 Å². The number of para-hydroxylation sites is 1. The Kier molecular flexibility index (Phi) is 3.98. The van der Waals surface area contributed by atoms with Gasteiger partial charge in [0, 0.05) is 18.9 Å². The zero-order chi connectivity index (χ0) is 12.8. The third-order valence-corrected chi connectivity index (χ3v) is 2.73. The van der Waals surface area contributed by atoms with Crippen LogP contribution < -0.4 is 4.74 Å². The molecule has 2 aromatic rings. The highest BCUT2D eigenvalue weighted by atomic mass is 16.5. The number of aromatic nitrogens is 2. The fourth-order valence-electron chi connectivity index (χ4n) is 1.74. The minimum atomic E-state index is 0.580. The lowest BCUT2D eigenvalue weighted by molar-refractivity contribution is 0.300. The summed E-state index contributed by atoms with van der Waals surface area (Å²) < 4.78 is 7.69. The van der Waals surface area contributed by atoms with Crippen molar-refractivity contribution in [2.75, 3.05) is 6.61 Å². The molecule has 4 nitrogen and oxygen atoms in total. The van der Waals surface area contributed by atoms with Crippen molar-refractivity contribution in [3.63, 3.8) is 0 Å². The molecule has 2 rings (SSSR count). The second-order valence-electron chi connectivity index (χ2n) is 3.98. The van der Waals surface area contributed by atoms with Crippen molar-refractivity contribution in [3.8, 4) is 11.8 Å². The topological polar surface area (TPSA) is 50.8 Å². The Morgan fingerprint density at radius 1 is 1.39 bits per heavy atom. The maximum Gasteiger partial charge on any atom is 0.137 e. The van der Waals surface area contributed by atoms with E-state index in [2.05, 4.69) is 15.6 Å². The lowest BCUT2D eigenvalue weighted by Crippen LogP contribution is -2.05. The molecule has 92 valence electrons. The maximum absolute atomic E-state index is 8.92. The van der Waals surface area contributed by atoms with Crippen molar-refractivity contribution in [3.05, 3.63) is 48.0 Å². The number of ether oxygens (including phenoxy) is 1. The summed E-state index contributed by atoms with van der Waals surface area (Å²) in [5.74, 6) is 1.66. The Hall–Kier alpha value is -2.28. The zero-order valence-corrected chi connectivity index (χ0v) is 10.3. The lowest BCUT2D eigenvalue weighted by atomic mass is 10.2. The summed E-state index contributed by atoms with van der Waals surface area (Å²) in [5.41, 5.74) is 0.580. The van der Waals surface area contributed by atoms with Gasteiger partial charge in [-0.2, -0.15) is 5.26 Å². The SMILES string of the molecule is Cc1nccn1CCCOc1ccccc1C#N. The first kappa shape index (κ1) is 12.2. The van der Waals surface area contributed by atoms with Gasteiger partial charge in [0.1, 0.15) is 17.6 Å². The second-order valence-corrected chi connectivity index (χ2v) is 3.98. The summed E-state index contributed by atoms with van der Waals surface area (Å²) in [6, 6.07) is 9.40. The Labute approximate surface area is 106 Å². The third kappa shape index (κ3) is 2.89. The van der Waals surface area contributed by atoms with Gasteiger partial charge in [-0.15, -0.1) is 0 Å². The molecule has 18 heavy (non-hydrogen) atoms. The fraction of sp³-hybridized carbons (Fsp3) is 0.286. The molecule has 0 spiro atoms. The Morgan fingerprint density at radius 3 is 2.94 bits per heavy atom. The molecule has 0 amide bonds. The molecule has 0 aliphatic carbocycles. The van der Waals surface area contributed by atoms with Gasteiger partial charge in [-0.1, -0.05) is 12.1 Å². The average Bonchev–Trinajstić information content (AvgIpc) is 2.81. The molecule has 0 radical (unpaired) electrons. The monoisotopic (exact) mass is 241 g/mol. The van der Waals surface area contributed by atoms with E-state index in [4.69, 9.17) is 10.00 Å². The summed E-state index contributed by atoms with van der Waals surface area (Å²) in [5, 5.41) is 8.92. The van der Waals surface area contributed by atoms with Gasteiger partial charge in [0.25, 0.3) is 0 Å². The van der Waals surface area contributed by atoms with E-state index in [1.807, 2.05) is 31.3 Å². The number of nitrogens with zero attached hydrogens (tertiary/aromatic N) is 3. The Bertz CT molecular complexity index is 554. The van der Waals surface area contributed by atoms with Crippen molar-refractivity contribution in [1.82, 2.24) is 9.55 Å². The largest absolute Gasteiger partial charge is 0.492 e. The van der Waals surface area contributed by atoms with Crippen molar-refractivity contribution in [1.29, 1.82) is 5.26 Å². The van der Waals surface area contributed by atoms with Crippen LogP contribution in [0.4, 0.5) is 0 Å². The van der Waals surface area contributed by atoms with Gasteiger partial charge in [0.2, 0.25) is 0 Å². The van der Waals surface area contributed by atoms with Gasteiger partial charge in [0.05, 0.1) is 12.2 Å². The number of hydrogen-bond acceptors (Lipinski definition) is 3. The van der Waals surface area contributed by atoms with Crippen molar-refractivity contribution in [2.24, 2.45) is 0 Å². The molecule has 1 aromatic heterocycles. The van der Waals surface area contributed by atoms with Gasteiger partial charge in [-0.25, -0.2) is 4.98 Å². The highest BCUT2D eigenvalue weighted by Crippen LogP contribution is 2.16. The first-order chi connectivity index (χ1) is 8.81. The number of aryl methyl sites for hydroxylation is 2. The number of rotatable bonds is 5. The van der Waals surface area contributed by atoms with Crippen LogP contribution in [-0.2, 0) is 6.54 Å². The maximum atomic E-state index is 8.92. The molecule has 0 aliphatic rings. The second kappa shape index (κ2) is 5.87. The van der Waals surface area contributed by atoms with Crippen LogP contribution in [-0.4, -0.2) is 16.2 Å². The summed E-state index contributed by atoms with van der Waals surface area (Å²) in [7, 11) is 0. The van der Waals surface area contributed by atoms with E-state index in [1.165, 1.54) is 0 Å². The van der Waals surface area contributed by atoms with Crippen LogP contribution in [0.2, 0.25) is 0 Å². The minimum absolute atomic E-state index is 0.580. The van der Waals surface area contributed by atoms with Crippen LogP contribution in [0.15, 0.2) is 36.7 Å². The standard InChI is InChI=1S/C14H15N3O/c1-12-16-7-9-17(12)8-4-10-18-14-6-3-2-5-13(14)11-15/h2-3,5-7,9H,4,8,10H2,1H3. The molecule has 0 bridgehead atoms. The molecule has 1 aromatic carbocycles. The molecule has 0 unspecified atom stereocenters. The summed E-state index contributed by atoms with van der Waals surface area (Å²) in [6.07, 6.45) is 4.64. The molecule has 0 atom stereocenters. The smallest absolute Gasteiger partial charge is 0.137 e. The van der Waals surface area contributed by atoms with Crippen molar-refractivity contribution in [2.45, 2.75) is 19.9 Å². The molecular weight excluding hydrogens is 226 g/mol. The summed E-state index contributed by atoms with van der Waals surface area (Å²) >= 11 is 0. The predicted octanol–water partition coefficient (Wildman–Crippen LogP) is 2.53. The van der Waals surface area contributed by atoms with Gasteiger partial charge in [-0.3, -0.25) is 0 Å². The molecule has 0 saturated heterocycles. The van der Waals surface area contributed by atoms with Gasteiger partial charge in [0.15, 0.2) is 0 Å². The van der Waals surface area contributed by atoms with E-state index in [1.54, 1.807) is 12.3 Å². The van der Waals surface area contributed by atoms with E-state index in [0.29, 0.717) is 17.9 Å². The zero-order valence-electron chi connectivity index (χ0n) is 10.3. The quantitative estimate of drug-likeness (QED) is 0.756. The van der Waals surface area contributed by atoms with Crippen molar-refractivity contribution >= 4 is 0 Å². The summed E-state index contributed by atoms with van der Waals surface area (Å²) in [4.78, 5) is 4.16. The predicted molar refractivity (Wildman–Crippen MR) is 68.2 cm³/mol. The van der Waals surface area contributed by atoms with E-state index < -0.39 is 0 Å². The van der Waals surface area contributed by atoms with Crippen LogP contribution in [0.5, 0.6) is 5.75 Å². The molecule has 0 fully saturated rings. The van der Waals surface area contributed by atoms with Crippen molar-refractivity contribution < 1.29 is 4.74 Å². The summed E-state index contributed by atoms with van der Waals surface area (Å²) in [6.45, 7) is 3.45. The number of nitriles is 1. The Balaban J connectivity index is 1.82. The van der Waals surface area contributed by atoms with Crippen LogP contribution in [0, 0.1) is 18.3 Å². The van der Waals surface area contributed by atoms with E-state index in [0.717, 1.165) is 18.8 Å². The van der Waals surface area contributed by atoms with E-state index in [-0.39, 0.29) is 0 Å². The molecule has 0 N–H and O–H groups in total. The molecular formula is C14H15N3O. The first-order valence-corrected chi connectivity index (χ1v) is 5.91. The molecule has 0 aliphatic heterocycles. The van der Waals surface area contributed by atoms with Gasteiger partial charge in [-0.05, 0) is 25.5 Å².